The molecule has 2 N–H and O–H groups in total. The van der Waals surface area contributed by atoms with Gasteiger partial charge in [-0.1, -0.05) is 0 Å². The molecule has 0 bridgehead atoms. The fourth-order valence-corrected chi connectivity index (χ4v) is 1.31. The number of rotatable bonds is 7. The topological polar surface area (TPSA) is 87.6 Å². The van der Waals surface area contributed by atoms with Crippen molar-refractivity contribution in [2.24, 2.45) is 5.73 Å². The van der Waals surface area contributed by atoms with Gasteiger partial charge in [-0.15, -0.1) is 0 Å². The van der Waals surface area contributed by atoms with Crippen LogP contribution < -0.4 is 10.5 Å². The zero-order valence-corrected chi connectivity index (χ0v) is 9.72. The number of hydrogen-bond donors (Lipinski definition) is 1. The van der Waals surface area contributed by atoms with Crippen molar-refractivity contribution >= 4 is 5.69 Å². The fraction of sp³-hybridized carbons (Fsp3) is 0.455. The van der Waals surface area contributed by atoms with Crippen LogP contribution in [0.1, 0.15) is 5.56 Å². The molecule has 0 aliphatic carbocycles. The van der Waals surface area contributed by atoms with Gasteiger partial charge in [0.1, 0.15) is 12.4 Å². The molecule has 94 valence electrons. The van der Waals surface area contributed by atoms with Crippen molar-refractivity contribution in [3.05, 3.63) is 33.9 Å². The molecule has 0 radical (unpaired) electrons. The molecular weight excluding hydrogens is 224 g/mol. The Morgan fingerprint density at radius 2 is 2.12 bits per heavy atom. The first-order valence-corrected chi connectivity index (χ1v) is 5.31. The van der Waals surface area contributed by atoms with Gasteiger partial charge in [0.25, 0.3) is 5.69 Å². The highest BCUT2D eigenvalue weighted by Crippen LogP contribution is 2.22. The van der Waals surface area contributed by atoms with Gasteiger partial charge >= 0.3 is 0 Å². The first-order valence-electron chi connectivity index (χ1n) is 5.31. The predicted molar refractivity (Wildman–Crippen MR) is 63.2 cm³/mol. The van der Waals surface area contributed by atoms with E-state index in [2.05, 4.69) is 0 Å². The van der Waals surface area contributed by atoms with Crippen LogP contribution in [0, 0.1) is 17.0 Å². The van der Waals surface area contributed by atoms with E-state index in [0.717, 1.165) is 5.56 Å². The minimum atomic E-state index is -0.429. The van der Waals surface area contributed by atoms with Gasteiger partial charge < -0.3 is 15.2 Å². The Kier molecular flexibility index (Phi) is 5.38. The lowest BCUT2D eigenvalue weighted by atomic mass is 10.2. The number of nitro groups is 1. The Bertz CT molecular complexity index is 382. The van der Waals surface area contributed by atoms with Crippen LogP contribution >= 0.6 is 0 Å². The molecular formula is C11H16N2O4. The number of nitrogens with two attached hydrogens (primary N) is 1. The van der Waals surface area contributed by atoms with Crippen LogP contribution in [0.25, 0.3) is 0 Å². The predicted octanol–water partition coefficient (Wildman–Crippen LogP) is 1.26. The van der Waals surface area contributed by atoms with E-state index in [4.69, 9.17) is 15.2 Å². The molecule has 1 aromatic rings. The molecule has 0 aliphatic heterocycles. The second-order valence-corrected chi connectivity index (χ2v) is 3.46. The minimum absolute atomic E-state index is 0.0641. The highest BCUT2D eigenvalue weighted by Gasteiger charge is 2.08. The summed E-state index contributed by atoms with van der Waals surface area (Å²) >= 11 is 0. The normalized spacial score (nSPS) is 10.2. The Morgan fingerprint density at radius 1 is 1.35 bits per heavy atom. The maximum atomic E-state index is 10.5. The zero-order valence-electron chi connectivity index (χ0n) is 9.72. The average Bonchev–Trinajstić information content (AvgIpc) is 2.30. The lowest BCUT2D eigenvalue weighted by Gasteiger charge is -2.08. The first kappa shape index (κ1) is 13.4. The van der Waals surface area contributed by atoms with Gasteiger partial charge in [0.05, 0.1) is 18.1 Å². The third-order valence-electron chi connectivity index (χ3n) is 2.12. The van der Waals surface area contributed by atoms with Crippen molar-refractivity contribution in [2.45, 2.75) is 6.92 Å². The molecule has 17 heavy (non-hydrogen) atoms. The van der Waals surface area contributed by atoms with E-state index in [-0.39, 0.29) is 5.69 Å². The monoisotopic (exact) mass is 240 g/mol. The molecule has 6 nitrogen and oxygen atoms in total. The summed E-state index contributed by atoms with van der Waals surface area (Å²) < 4.78 is 10.6. The zero-order chi connectivity index (χ0) is 12.7. The Labute approximate surface area is 99.5 Å². The third-order valence-corrected chi connectivity index (χ3v) is 2.12. The van der Waals surface area contributed by atoms with Gasteiger partial charge in [0, 0.05) is 18.7 Å². The van der Waals surface area contributed by atoms with E-state index in [0.29, 0.717) is 32.1 Å². The van der Waals surface area contributed by atoms with Crippen molar-refractivity contribution in [1.82, 2.24) is 0 Å². The molecule has 0 heterocycles. The summed E-state index contributed by atoms with van der Waals surface area (Å²) in [6, 6.07) is 4.50. The van der Waals surface area contributed by atoms with E-state index >= 15 is 0 Å². The maximum absolute atomic E-state index is 10.5. The summed E-state index contributed by atoms with van der Waals surface area (Å²) in [6.07, 6.45) is 0. The summed E-state index contributed by atoms with van der Waals surface area (Å²) in [5.74, 6) is 0.631. The lowest BCUT2D eigenvalue weighted by molar-refractivity contribution is -0.384. The minimum Gasteiger partial charge on any atom is -0.491 e. The molecule has 0 amide bonds. The van der Waals surface area contributed by atoms with Gasteiger partial charge in [-0.25, -0.2) is 0 Å². The van der Waals surface area contributed by atoms with Crippen molar-refractivity contribution in [2.75, 3.05) is 26.4 Å². The molecule has 0 fully saturated rings. The molecule has 0 saturated heterocycles. The second-order valence-electron chi connectivity index (χ2n) is 3.46. The van der Waals surface area contributed by atoms with E-state index in [1.807, 2.05) is 0 Å². The summed E-state index contributed by atoms with van der Waals surface area (Å²) in [6.45, 7) is 3.61. The van der Waals surface area contributed by atoms with Crippen molar-refractivity contribution in [1.29, 1.82) is 0 Å². The number of nitrogens with zero attached hydrogens (tertiary/aromatic N) is 1. The van der Waals surface area contributed by atoms with Gasteiger partial charge in [-0.3, -0.25) is 10.1 Å². The fourth-order valence-electron chi connectivity index (χ4n) is 1.31. The molecule has 0 saturated carbocycles. The molecule has 0 unspecified atom stereocenters. The molecule has 0 spiro atoms. The van der Waals surface area contributed by atoms with Gasteiger partial charge in [0.2, 0.25) is 0 Å². The molecule has 0 aliphatic rings. The number of ether oxygens (including phenoxy) is 2. The standard InChI is InChI=1S/C11H16N2O4/c1-9-8-10(13(14)15)2-3-11(9)17-7-6-16-5-4-12/h2-3,8H,4-7,12H2,1H3. The van der Waals surface area contributed by atoms with Crippen LogP contribution in [-0.2, 0) is 4.74 Å². The molecule has 0 aromatic heterocycles. The van der Waals surface area contributed by atoms with Crippen LogP contribution in [0.5, 0.6) is 5.75 Å². The van der Waals surface area contributed by atoms with Crippen molar-refractivity contribution < 1.29 is 14.4 Å². The number of hydrogen-bond acceptors (Lipinski definition) is 5. The van der Waals surface area contributed by atoms with Crippen LogP contribution in [0.4, 0.5) is 5.69 Å². The van der Waals surface area contributed by atoms with Crippen LogP contribution in [-0.4, -0.2) is 31.3 Å². The molecule has 1 aromatic carbocycles. The second kappa shape index (κ2) is 6.82. The van der Waals surface area contributed by atoms with E-state index < -0.39 is 4.92 Å². The lowest BCUT2D eigenvalue weighted by Crippen LogP contribution is -2.13. The van der Waals surface area contributed by atoms with E-state index in [9.17, 15) is 10.1 Å². The smallest absolute Gasteiger partial charge is 0.269 e. The molecule has 6 heteroatoms. The third kappa shape index (κ3) is 4.38. The quantitative estimate of drug-likeness (QED) is 0.440. The van der Waals surface area contributed by atoms with E-state index in [1.54, 1.807) is 13.0 Å². The SMILES string of the molecule is Cc1cc([N+](=O)[O-])ccc1OCCOCCN. The number of nitro benzene ring substituents is 1. The van der Waals surface area contributed by atoms with Gasteiger partial charge in [-0.05, 0) is 18.6 Å². The largest absolute Gasteiger partial charge is 0.491 e. The maximum Gasteiger partial charge on any atom is 0.269 e. The highest BCUT2D eigenvalue weighted by molar-refractivity contribution is 5.42. The average molecular weight is 240 g/mol. The van der Waals surface area contributed by atoms with Crippen LogP contribution in [0.15, 0.2) is 18.2 Å². The summed E-state index contributed by atoms with van der Waals surface area (Å²) in [5, 5.41) is 10.5. The van der Waals surface area contributed by atoms with Crippen LogP contribution in [0.2, 0.25) is 0 Å². The van der Waals surface area contributed by atoms with Gasteiger partial charge in [-0.2, -0.15) is 0 Å². The van der Waals surface area contributed by atoms with E-state index in [1.165, 1.54) is 12.1 Å². The summed E-state index contributed by atoms with van der Waals surface area (Å²) in [5.41, 5.74) is 6.06. The number of benzene rings is 1. The van der Waals surface area contributed by atoms with Gasteiger partial charge in [0.15, 0.2) is 0 Å². The molecule has 0 atom stereocenters. The van der Waals surface area contributed by atoms with Crippen molar-refractivity contribution in [3.63, 3.8) is 0 Å². The first-order chi connectivity index (χ1) is 8.15. The number of non-ortho nitro benzene ring substituents is 1. The highest BCUT2D eigenvalue weighted by atomic mass is 16.6. The Morgan fingerprint density at radius 3 is 2.71 bits per heavy atom. The number of aryl methyl sites for hydroxylation is 1. The van der Waals surface area contributed by atoms with Crippen LogP contribution in [0.3, 0.4) is 0 Å². The van der Waals surface area contributed by atoms with Crippen molar-refractivity contribution in [3.8, 4) is 5.75 Å². The summed E-state index contributed by atoms with van der Waals surface area (Å²) in [7, 11) is 0. The Hall–Kier alpha value is -1.66. The Balaban J connectivity index is 2.46. The summed E-state index contributed by atoms with van der Waals surface area (Å²) in [4.78, 5) is 10.1. The molecule has 1 rings (SSSR count).